The molecule has 30 heavy (non-hydrogen) atoms. The summed E-state index contributed by atoms with van der Waals surface area (Å²) >= 11 is 0. The van der Waals surface area contributed by atoms with Crippen molar-refractivity contribution < 1.29 is 14.3 Å². The van der Waals surface area contributed by atoms with Gasteiger partial charge in [0, 0.05) is 6.54 Å². The summed E-state index contributed by atoms with van der Waals surface area (Å²) in [4.78, 5) is 12.5. The number of ether oxygens (including phenoxy) is 2. The van der Waals surface area contributed by atoms with E-state index in [1.165, 1.54) is 5.56 Å². The van der Waals surface area contributed by atoms with Crippen molar-refractivity contribution in [2.45, 2.75) is 12.5 Å². The van der Waals surface area contributed by atoms with Crippen molar-refractivity contribution in [1.29, 1.82) is 0 Å². The van der Waals surface area contributed by atoms with E-state index in [2.05, 4.69) is 22.8 Å². The molecule has 0 aliphatic rings. The summed E-state index contributed by atoms with van der Waals surface area (Å²) in [5, 5.41) is 6.28. The molecule has 0 aliphatic carbocycles. The van der Waals surface area contributed by atoms with Gasteiger partial charge < -0.3 is 20.1 Å². The van der Waals surface area contributed by atoms with Gasteiger partial charge in [-0.1, -0.05) is 72.8 Å². The Morgan fingerprint density at radius 2 is 1.50 bits per heavy atom. The molecule has 0 bridgehead atoms. The maximum atomic E-state index is 12.5. The minimum Gasteiger partial charge on any atom is -0.493 e. The molecule has 156 valence electrons. The highest BCUT2D eigenvalue weighted by atomic mass is 16.5. The molecule has 3 aromatic carbocycles. The minimum absolute atomic E-state index is 0.0444. The van der Waals surface area contributed by atoms with Crippen molar-refractivity contribution in [1.82, 2.24) is 10.6 Å². The second-order valence-corrected chi connectivity index (χ2v) is 6.90. The fourth-order valence-electron chi connectivity index (χ4n) is 3.21. The van der Waals surface area contributed by atoms with Gasteiger partial charge >= 0.3 is 0 Å². The molecule has 0 spiro atoms. The van der Waals surface area contributed by atoms with E-state index in [9.17, 15) is 4.79 Å². The fourth-order valence-corrected chi connectivity index (χ4v) is 3.21. The molecule has 0 aromatic heterocycles. The molecule has 0 radical (unpaired) electrons. The molecule has 1 atom stereocenters. The number of para-hydroxylation sites is 2. The second-order valence-electron chi connectivity index (χ2n) is 6.90. The van der Waals surface area contributed by atoms with Crippen molar-refractivity contribution in [3.63, 3.8) is 0 Å². The first kappa shape index (κ1) is 21.4. The predicted molar refractivity (Wildman–Crippen MR) is 119 cm³/mol. The van der Waals surface area contributed by atoms with Crippen LogP contribution in [0.25, 0.3) is 0 Å². The van der Waals surface area contributed by atoms with Gasteiger partial charge in [-0.15, -0.1) is 0 Å². The predicted octanol–water partition coefficient (Wildman–Crippen LogP) is 3.76. The van der Waals surface area contributed by atoms with Gasteiger partial charge in [0.05, 0.1) is 19.7 Å². The van der Waals surface area contributed by atoms with E-state index in [1.54, 1.807) is 7.11 Å². The number of benzene rings is 3. The third-order valence-corrected chi connectivity index (χ3v) is 4.71. The average molecular weight is 405 g/mol. The van der Waals surface area contributed by atoms with Crippen molar-refractivity contribution in [2.75, 3.05) is 26.8 Å². The Hall–Kier alpha value is -3.31. The first-order valence-corrected chi connectivity index (χ1v) is 10.1. The summed E-state index contributed by atoms with van der Waals surface area (Å²) in [6.45, 7) is 1.23. The van der Waals surface area contributed by atoms with Crippen LogP contribution in [0.5, 0.6) is 11.5 Å². The van der Waals surface area contributed by atoms with E-state index in [0.29, 0.717) is 24.7 Å². The summed E-state index contributed by atoms with van der Waals surface area (Å²) in [5.41, 5.74) is 2.28. The van der Waals surface area contributed by atoms with Crippen LogP contribution >= 0.6 is 0 Å². The van der Waals surface area contributed by atoms with Crippen LogP contribution in [0.15, 0.2) is 84.9 Å². The molecular weight excluding hydrogens is 376 g/mol. The van der Waals surface area contributed by atoms with Gasteiger partial charge in [0.2, 0.25) is 5.91 Å². The van der Waals surface area contributed by atoms with E-state index >= 15 is 0 Å². The van der Waals surface area contributed by atoms with Crippen molar-refractivity contribution >= 4 is 5.91 Å². The number of carbonyl (C=O) groups is 1. The zero-order valence-corrected chi connectivity index (χ0v) is 17.2. The van der Waals surface area contributed by atoms with E-state index in [0.717, 1.165) is 12.0 Å². The highest BCUT2D eigenvalue weighted by Gasteiger charge is 2.15. The van der Waals surface area contributed by atoms with Crippen LogP contribution in [-0.2, 0) is 11.2 Å². The number of hydrogen-bond acceptors (Lipinski definition) is 4. The topological polar surface area (TPSA) is 59.6 Å². The number of methoxy groups -OCH3 is 1. The average Bonchev–Trinajstić information content (AvgIpc) is 2.80. The molecule has 0 saturated carbocycles. The Morgan fingerprint density at radius 1 is 0.867 bits per heavy atom. The first-order chi connectivity index (χ1) is 14.8. The molecule has 0 fully saturated rings. The smallest absolute Gasteiger partial charge is 0.234 e. The van der Waals surface area contributed by atoms with E-state index in [1.807, 2.05) is 72.8 Å². The summed E-state index contributed by atoms with van der Waals surface area (Å²) in [5.74, 6) is 1.34. The van der Waals surface area contributed by atoms with Gasteiger partial charge in [0.1, 0.15) is 6.61 Å². The quantitative estimate of drug-likeness (QED) is 0.478. The molecule has 5 nitrogen and oxygen atoms in total. The highest BCUT2D eigenvalue weighted by Crippen LogP contribution is 2.25. The lowest BCUT2D eigenvalue weighted by molar-refractivity contribution is -0.121. The summed E-state index contributed by atoms with van der Waals surface area (Å²) in [7, 11) is 1.61. The van der Waals surface area contributed by atoms with Crippen LogP contribution < -0.4 is 20.1 Å². The van der Waals surface area contributed by atoms with Crippen LogP contribution in [0.1, 0.15) is 17.2 Å². The molecule has 3 rings (SSSR count). The van der Waals surface area contributed by atoms with Gasteiger partial charge in [0.15, 0.2) is 11.5 Å². The van der Waals surface area contributed by atoms with Gasteiger partial charge in [-0.2, -0.15) is 0 Å². The van der Waals surface area contributed by atoms with Gasteiger partial charge in [-0.05, 0) is 29.7 Å². The van der Waals surface area contributed by atoms with Crippen LogP contribution in [0.4, 0.5) is 0 Å². The fraction of sp³-hybridized carbons (Fsp3) is 0.240. The molecule has 3 aromatic rings. The Bertz CT molecular complexity index is 901. The molecule has 1 amide bonds. The largest absolute Gasteiger partial charge is 0.493 e. The normalized spacial score (nSPS) is 11.5. The van der Waals surface area contributed by atoms with Crippen molar-refractivity contribution in [2.24, 2.45) is 0 Å². The second kappa shape index (κ2) is 11.6. The lowest BCUT2D eigenvalue weighted by Crippen LogP contribution is -2.38. The SMILES string of the molecule is COc1ccccc1OCCNCC(=O)NC(Cc1ccccc1)c1ccccc1. The number of rotatable bonds is 11. The van der Waals surface area contributed by atoms with Crippen molar-refractivity contribution in [3.8, 4) is 11.5 Å². The van der Waals surface area contributed by atoms with E-state index in [-0.39, 0.29) is 18.5 Å². The van der Waals surface area contributed by atoms with Gasteiger partial charge in [-0.3, -0.25) is 4.79 Å². The van der Waals surface area contributed by atoms with Crippen LogP contribution in [0, 0.1) is 0 Å². The number of nitrogens with one attached hydrogen (secondary N) is 2. The Labute approximate surface area is 178 Å². The number of carbonyl (C=O) groups excluding carboxylic acids is 1. The maximum absolute atomic E-state index is 12.5. The Morgan fingerprint density at radius 3 is 2.20 bits per heavy atom. The van der Waals surface area contributed by atoms with Gasteiger partial charge in [-0.25, -0.2) is 0 Å². The zero-order chi connectivity index (χ0) is 21.0. The molecule has 2 N–H and O–H groups in total. The van der Waals surface area contributed by atoms with E-state index in [4.69, 9.17) is 9.47 Å². The van der Waals surface area contributed by atoms with Crippen LogP contribution in [-0.4, -0.2) is 32.7 Å². The lowest BCUT2D eigenvalue weighted by Gasteiger charge is -2.20. The van der Waals surface area contributed by atoms with Crippen LogP contribution in [0.3, 0.4) is 0 Å². The Kier molecular flexibility index (Phi) is 8.30. The van der Waals surface area contributed by atoms with Gasteiger partial charge in [0.25, 0.3) is 0 Å². The maximum Gasteiger partial charge on any atom is 0.234 e. The highest BCUT2D eigenvalue weighted by molar-refractivity contribution is 5.78. The number of amides is 1. The molecule has 0 aliphatic heterocycles. The third-order valence-electron chi connectivity index (χ3n) is 4.71. The van der Waals surface area contributed by atoms with E-state index < -0.39 is 0 Å². The summed E-state index contributed by atoms with van der Waals surface area (Å²) in [6, 6.07) is 27.7. The molecule has 0 saturated heterocycles. The third kappa shape index (κ3) is 6.64. The molecule has 5 heteroatoms. The standard InChI is InChI=1S/C25H28N2O3/c1-29-23-14-8-9-15-24(23)30-17-16-26-19-25(28)27-22(21-12-6-3-7-13-21)18-20-10-4-2-5-11-20/h2-15,22,26H,16-19H2,1H3,(H,27,28). The Balaban J connectivity index is 1.47. The molecule has 0 heterocycles. The number of hydrogen-bond donors (Lipinski definition) is 2. The lowest BCUT2D eigenvalue weighted by atomic mass is 9.99. The molecular formula is C25H28N2O3. The zero-order valence-electron chi connectivity index (χ0n) is 17.2. The molecule has 1 unspecified atom stereocenters. The summed E-state index contributed by atoms with van der Waals surface area (Å²) < 4.78 is 11.0. The van der Waals surface area contributed by atoms with Crippen molar-refractivity contribution in [3.05, 3.63) is 96.1 Å². The minimum atomic E-state index is -0.0762. The summed E-state index contributed by atoms with van der Waals surface area (Å²) in [6.07, 6.45) is 0.744. The van der Waals surface area contributed by atoms with Crippen LogP contribution in [0.2, 0.25) is 0 Å². The first-order valence-electron chi connectivity index (χ1n) is 10.1. The monoisotopic (exact) mass is 404 g/mol.